The van der Waals surface area contributed by atoms with Crippen LogP contribution < -0.4 is 5.73 Å². The summed E-state index contributed by atoms with van der Waals surface area (Å²) in [5, 5.41) is 9.65. The van der Waals surface area contributed by atoms with E-state index in [4.69, 9.17) is 5.73 Å². The molecule has 80 valence electrons. The van der Waals surface area contributed by atoms with Crippen LogP contribution in [0.15, 0.2) is 0 Å². The van der Waals surface area contributed by atoms with E-state index in [1.165, 1.54) is 0 Å². The molecule has 0 spiro atoms. The summed E-state index contributed by atoms with van der Waals surface area (Å²) in [7, 11) is 0. The van der Waals surface area contributed by atoms with E-state index in [-0.39, 0.29) is 18.1 Å². The van der Waals surface area contributed by atoms with Gasteiger partial charge in [-0.2, -0.15) is 0 Å². The van der Waals surface area contributed by atoms with Crippen molar-refractivity contribution in [3.63, 3.8) is 0 Å². The summed E-state index contributed by atoms with van der Waals surface area (Å²) < 4.78 is 0. The summed E-state index contributed by atoms with van der Waals surface area (Å²) in [5.74, 6) is 0.0313. The Morgan fingerprint density at radius 3 is 2.79 bits per heavy atom. The normalized spacial score (nSPS) is 35.5. The first kappa shape index (κ1) is 9.93. The number of likely N-dealkylation sites (tertiary alicyclic amines) is 1. The van der Waals surface area contributed by atoms with E-state index in [1.54, 1.807) is 4.90 Å². The molecule has 0 aromatic rings. The summed E-state index contributed by atoms with van der Waals surface area (Å²) in [4.78, 5) is 13.7. The Kier molecular flexibility index (Phi) is 2.27. The molecule has 0 radical (unpaired) electrons. The maximum Gasteiger partial charge on any atom is 0.242 e. The van der Waals surface area contributed by atoms with Crippen LogP contribution in [0.25, 0.3) is 0 Å². The zero-order valence-electron chi connectivity index (χ0n) is 8.57. The third kappa shape index (κ3) is 1.53. The molecule has 0 aromatic carbocycles. The summed E-state index contributed by atoms with van der Waals surface area (Å²) >= 11 is 0. The average Bonchev–Trinajstić information content (AvgIpc) is 2.89. The smallest absolute Gasteiger partial charge is 0.242 e. The van der Waals surface area contributed by atoms with Crippen molar-refractivity contribution in [3.8, 4) is 0 Å². The molecule has 2 unspecified atom stereocenters. The minimum Gasteiger partial charge on any atom is -0.391 e. The van der Waals surface area contributed by atoms with E-state index in [1.807, 2.05) is 6.92 Å². The Hall–Kier alpha value is -0.610. The van der Waals surface area contributed by atoms with Crippen LogP contribution in [-0.2, 0) is 4.79 Å². The molecule has 1 amide bonds. The number of piperidine rings is 1. The topological polar surface area (TPSA) is 66.6 Å². The van der Waals surface area contributed by atoms with Crippen LogP contribution in [0.5, 0.6) is 0 Å². The molecule has 0 bridgehead atoms. The molecule has 2 atom stereocenters. The summed E-state index contributed by atoms with van der Waals surface area (Å²) in [5.41, 5.74) is 5.26. The van der Waals surface area contributed by atoms with E-state index < -0.39 is 5.54 Å². The minimum absolute atomic E-state index is 0.0313. The van der Waals surface area contributed by atoms with Gasteiger partial charge in [0.15, 0.2) is 0 Å². The SMILES string of the molecule is CC1C(O)CCCN1C(=O)C1(N)CC1. The largest absolute Gasteiger partial charge is 0.391 e. The molecule has 2 fully saturated rings. The highest BCUT2D eigenvalue weighted by molar-refractivity contribution is 5.89. The van der Waals surface area contributed by atoms with Gasteiger partial charge in [-0.15, -0.1) is 0 Å². The molecule has 3 N–H and O–H groups in total. The van der Waals surface area contributed by atoms with Crippen molar-refractivity contribution in [1.82, 2.24) is 4.90 Å². The molecular weight excluding hydrogens is 180 g/mol. The van der Waals surface area contributed by atoms with Crippen LogP contribution in [0, 0.1) is 0 Å². The second-order valence-electron chi connectivity index (χ2n) is 4.60. The van der Waals surface area contributed by atoms with Gasteiger partial charge in [0.25, 0.3) is 0 Å². The molecule has 4 nitrogen and oxygen atoms in total. The van der Waals surface area contributed by atoms with Gasteiger partial charge >= 0.3 is 0 Å². The first-order chi connectivity index (χ1) is 6.54. The Balaban J connectivity index is 2.05. The molecule has 1 heterocycles. The highest BCUT2D eigenvalue weighted by Crippen LogP contribution is 2.35. The maximum absolute atomic E-state index is 11.9. The van der Waals surface area contributed by atoms with Crippen molar-refractivity contribution in [2.24, 2.45) is 5.73 Å². The lowest BCUT2D eigenvalue weighted by Crippen LogP contribution is -2.55. The monoisotopic (exact) mass is 198 g/mol. The second kappa shape index (κ2) is 3.21. The predicted octanol–water partition coefficient (Wildman–Crippen LogP) is -0.151. The van der Waals surface area contributed by atoms with Gasteiger partial charge in [0.05, 0.1) is 17.7 Å². The van der Waals surface area contributed by atoms with Crippen molar-refractivity contribution in [3.05, 3.63) is 0 Å². The van der Waals surface area contributed by atoms with Crippen molar-refractivity contribution in [1.29, 1.82) is 0 Å². The molecular formula is C10H18N2O2. The highest BCUT2D eigenvalue weighted by atomic mass is 16.3. The standard InChI is InChI=1S/C10H18N2O2/c1-7-8(13)3-2-6-12(7)9(14)10(11)4-5-10/h7-8,13H,2-6,11H2,1H3. The molecule has 14 heavy (non-hydrogen) atoms. The molecule has 0 aromatic heterocycles. The maximum atomic E-state index is 11.9. The Morgan fingerprint density at radius 2 is 2.21 bits per heavy atom. The fraction of sp³-hybridized carbons (Fsp3) is 0.900. The lowest BCUT2D eigenvalue weighted by molar-refractivity contribution is -0.140. The van der Waals surface area contributed by atoms with Crippen LogP contribution in [0.2, 0.25) is 0 Å². The Labute approximate surface area is 84.1 Å². The average molecular weight is 198 g/mol. The van der Waals surface area contributed by atoms with E-state index in [0.717, 1.165) is 32.2 Å². The Morgan fingerprint density at radius 1 is 1.57 bits per heavy atom. The Bertz CT molecular complexity index is 251. The van der Waals surface area contributed by atoms with Crippen molar-refractivity contribution in [2.45, 2.75) is 50.3 Å². The van der Waals surface area contributed by atoms with Crippen LogP contribution in [0.1, 0.15) is 32.6 Å². The number of hydrogen-bond donors (Lipinski definition) is 2. The number of aliphatic hydroxyl groups is 1. The van der Waals surface area contributed by atoms with E-state index >= 15 is 0 Å². The zero-order valence-corrected chi connectivity index (χ0v) is 8.57. The van der Waals surface area contributed by atoms with Gasteiger partial charge in [-0.05, 0) is 32.6 Å². The molecule has 1 saturated carbocycles. The van der Waals surface area contributed by atoms with Gasteiger partial charge in [-0.1, -0.05) is 0 Å². The van der Waals surface area contributed by atoms with E-state index in [2.05, 4.69) is 0 Å². The first-order valence-electron chi connectivity index (χ1n) is 5.33. The van der Waals surface area contributed by atoms with Gasteiger partial charge in [-0.25, -0.2) is 0 Å². The number of aliphatic hydroxyl groups excluding tert-OH is 1. The number of amides is 1. The number of carbonyl (C=O) groups is 1. The third-order valence-electron chi connectivity index (χ3n) is 3.42. The lowest BCUT2D eigenvalue weighted by atomic mass is 9.99. The molecule has 1 saturated heterocycles. The fourth-order valence-electron chi connectivity index (χ4n) is 2.04. The summed E-state index contributed by atoms with van der Waals surface area (Å²) in [6.07, 6.45) is 2.89. The zero-order chi connectivity index (χ0) is 10.3. The molecule has 2 rings (SSSR count). The number of rotatable bonds is 1. The third-order valence-corrected chi connectivity index (χ3v) is 3.42. The van der Waals surface area contributed by atoms with E-state index in [9.17, 15) is 9.90 Å². The van der Waals surface area contributed by atoms with E-state index in [0.29, 0.717) is 0 Å². The van der Waals surface area contributed by atoms with Crippen molar-refractivity contribution >= 4 is 5.91 Å². The molecule has 2 aliphatic rings. The number of hydrogen-bond acceptors (Lipinski definition) is 3. The van der Waals surface area contributed by atoms with Crippen LogP contribution in [-0.4, -0.2) is 40.1 Å². The van der Waals surface area contributed by atoms with Gasteiger partial charge in [0.1, 0.15) is 0 Å². The van der Waals surface area contributed by atoms with Crippen molar-refractivity contribution in [2.75, 3.05) is 6.54 Å². The number of nitrogens with two attached hydrogens (primary N) is 1. The van der Waals surface area contributed by atoms with Gasteiger partial charge in [0, 0.05) is 6.54 Å². The molecule has 1 aliphatic heterocycles. The van der Waals surface area contributed by atoms with Gasteiger partial charge in [0.2, 0.25) is 5.91 Å². The summed E-state index contributed by atoms with van der Waals surface area (Å²) in [6.45, 7) is 2.64. The van der Waals surface area contributed by atoms with Crippen LogP contribution in [0.4, 0.5) is 0 Å². The first-order valence-corrected chi connectivity index (χ1v) is 5.33. The van der Waals surface area contributed by atoms with Gasteiger partial charge < -0.3 is 15.7 Å². The quantitative estimate of drug-likeness (QED) is 0.615. The van der Waals surface area contributed by atoms with Crippen molar-refractivity contribution < 1.29 is 9.90 Å². The highest BCUT2D eigenvalue weighted by Gasteiger charge is 2.49. The second-order valence-corrected chi connectivity index (χ2v) is 4.60. The number of nitrogens with zero attached hydrogens (tertiary/aromatic N) is 1. The van der Waals surface area contributed by atoms with Crippen LogP contribution >= 0.6 is 0 Å². The summed E-state index contributed by atoms with van der Waals surface area (Å²) in [6, 6.07) is -0.0720. The number of carbonyl (C=O) groups excluding carboxylic acids is 1. The fourth-order valence-corrected chi connectivity index (χ4v) is 2.04. The van der Waals surface area contributed by atoms with Crippen LogP contribution in [0.3, 0.4) is 0 Å². The van der Waals surface area contributed by atoms with Gasteiger partial charge in [-0.3, -0.25) is 4.79 Å². The predicted molar refractivity (Wildman–Crippen MR) is 52.6 cm³/mol. The molecule has 1 aliphatic carbocycles. The molecule has 4 heteroatoms. The lowest BCUT2D eigenvalue weighted by Gasteiger charge is -2.38. The minimum atomic E-state index is -0.592.